The zero-order chi connectivity index (χ0) is 20.4. The summed E-state index contributed by atoms with van der Waals surface area (Å²) < 4.78 is 1.79. The first kappa shape index (κ1) is 19.8. The molecule has 1 saturated heterocycles. The van der Waals surface area contributed by atoms with Gasteiger partial charge in [0.1, 0.15) is 0 Å². The Morgan fingerprint density at radius 3 is 2.72 bits per heavy atom. The number of aromatic amines is 1. The number of H-pyrrole nitrogens is 1. The molecule has 0 radical (unpaired) electrons. The van der Waals surface area contributed by atoms with E-state index in [0.717, 1.165) is 19.6 Å². The largest absolute Gasteiger partial charge is 0.336 e. The summed E-state index contributed by atoms with van der Waals surface area (Å²) in [6.07, 6.45) is 1.63. The molecular formula is C21H22N4O2S2. The molecule has 29 heavy (non-hydrogen) atoms. The fourth-order valence-corrected chi connectivity index (χ4v) is 4.61. The highest BCUT2D eigenvalue weighted by Gasteiger charge is 2.22. The van der Waals surface area contributed by atoms with Crippen LogP contribution >= 0.6 is 23.6 Å². The molecule has 0 unspecified atom stereocenters. The molecule has 1 aliphatic heterocycles. The number of nitrogens with one attached hydrogen (secondary N) is 1. The third-order valence-electron chi connectivity index (χ3n) is 5.16. The molecule has 3 aromatic rings. The van der Waals surface area contributed by atoms with Crippen molar-refractivity contribution in [2.45, 2.75) is 13.1 Å². The number of piperazine rings is 1. The second-order valence-corrected chi connectivity index (χ2v) is 8.46. The van der Waals surface area contributed by atoms with Crippen LogP contribution in [0.3, 0.4) is 0 Å². The molecule has 1 amide bonds. The lowest BCUT2D eigenvalue weighted by Crippen LogP contribution is -2.48. The number of amides is 1. The average Bonchev–Trinajstić information content (AvgIpc) is 3.24. The number of hydrogen-bond donors (Lipinski definition) is 1. The van der Waals surface area contributed by atoms with E-state index in [4.69, 9.17) is 12.2 Å². The maximum absolute atomic E-state index is 13.0. The van der Waals surface area contributed by atoms with Crippen LogP contribution in [0.5, 0.6) is 0 Å². The number of hydrogen-bond acceptors (Lipinski definition) is 5. The van der Waals surface area contributed by atoms with Gasteiger partial charge in [0.15, 0.2) is 4.77 Å². The van der Waals surface area contributed by atoms with Gasteiger partial charge in [0.25, 0.3) is 11.5 Å². The summed E-state index contributed by atoms with van der Waals surface area (Å²) in [6.45, 7) is 8.04. The normalized spacial score (nSPS) is 15.0. The second kappa shape index (κ2) is 8.44. The van der Waals surface area contributed by atoms with Crippen molar-refractivity contribution in [3.8, 4) is 0 Å². The summed E-state index contributed by atoms with van der Waals surface area (Å²) in [5, 5.41) is 2.60. The monoisotopic (exact) mass is 426 g/mol. The molecule has 1 aromatic carbocycles. The van der Waals surface area contributed by atoms with Gasteiger partial charge < -0.3 is 9.88 Å². The van der Waals surface area contributed by atoms with E-state index in [1.54, 1.807) is 35.6 Å². The highest BCUT2D eigenvalue weighted by atomic mass is 32.1. The fourth-order valence-electron chi connectivity index (χ4n) is 3.60. The summed E-state index contributed by atoms with van der Waals surface area (Å²) in [7, 11) is 0. The van der Waals surface area contributed by atoms with Gasteiger partial charge in [-0.15, -0.1) is 17.9 Å². The average molecular weight is 427 g/mol. The first-order chi connectivity index (χ1) is 14.1. The van der Waals surface area contributed by atoms with Gasteiger partial charge in [-0.2, -0.15) is 0 Å². The summed E-state index contributed by atoms with van der Waals surface area (Å²) in [4.78, 5) is 34.3. The summed E-state index contributed by atoms with van der Waals surface area (Å²) in [5.74, 6) is -0.0164. The van der Waals surface area contributed by atoms with E-state index >= 15 is 0 Å². The van der Waals surface area contributed by atoms with Crippen molar-refractivity contribution in [1.29, 1.82) is 0 Å². The Kier molecular flexibility index (Phi) is 5.75. The summed E-state index contributed by atoms with van der Waals surface area (Å²) in [6, 6.07) is 9.36. The molecule has 0 atom stereocenters. The molecule has 0 spiro atoms. The minimum Gasteiger partial charge on any atom is -0.336 e. The van der Waals surface area contributed by atoms with Crippen molar-refractivity contribution < 1.29 is 4.79 Å². The first-order valence-electron chi connectivity index (χ1n) is 9.48. The van der Waals surface area contributed by atoms with Gasteiger partial charge in [0, 0.05) is 49.7 Å². The Hall–Kier alpha value is -2.55. The van der Waals surface area contributed by atoms with Crippen molar-refractivity contribution in [2.24, 2.45) is 0 Å². The molecule has 0 bridgehead atoms. The van der Waals surface area contributed by atoms with Gasteiger partial charge in [-0.05, 0) is 41.9 Å². The molecule has 1 N–H and O–H groups in total. The quantitative estimate of drug-likeness (QED) is 0.503. The zero-order valence-corrected chi connectivity index (χ0v) is 17.6. The van der Waals surface area contributed by atoms with Crippen LogP contribution in [0.1, 0.15) is 15.2 Å². The predicted octanol–water partition coefficient (Wildman–Crippen LogP) is 3.26. The van der Waals surface area contributed by atoms with E-state index in [1.165, 1.54) is 9.44 Å². The number of nitrogens with zero attached hydrogens (tertiary/aromatic N) is 3. The zero-order valence-electron chi connectivity index (χ0n) is 16.0. The summed E-state index contributed by atoms with van der Waals surface area (Å²) in [5.41, 5.74) is 0.975. The lowest BCUT2D eigenvalue weighted by Gasteiger charge is -2.34. The molecule has 0 saturated carbocycles. The van der Waals surface area contributed by atoms with Crippen molar-refractivity contribution in [3.05, 3.63) is 73.9 Å². The topological polar surface area (TPSA) is 61.3 Å². The molecule has 2 aromatic heterocycles. The maximum Gasteiger partial charge on any atom is 0.262 e. The van der Waals surface area contributed by atoms with E-state index < -0.39 is 0 Å². The SMILES string of the molecule is C=CCn1c(=S)[nH]c2cc(C(=O)N3CCN(Cc4cccs4)CC3)ccc2c1=O. The van der Waals surface area contributed by atoms with Gasteiger partial charge >= 0.3 is 0 Å². The molecule has 8 heteroatoms. The van der Waals surface area contributed by atoms with Gasteiger partial charge in [-0.3, -0.25) is 19.1 Å². The molecule has 6 nitrogen and oxygen atoms in total. The van der Waals surface area contributed by atoms with Crippen LogP contribution < -0.4 is 5.56 Å². The van der Waals surface area contributed by atoms with Crippen molar-refractivity contribution in [1.82, 2.24) is 19.4 Å². The Morgan fingerprint density at radius 1 is 1.24 bits per heavy atom. The van der Waals surface area contributed by atoms with Crippen LogP contribution in [-0.4, -0.2) is 51.4 Å². The predicted molar refractivity (Wildman–Crippen MR) is 119 cm³/mol. The number of carbonyl (C=O) groups is 1. The van der Waals surface area contributed by atoms with E-state index in [0.29, 0.717) is 40.9 Å². The van der Waals surface area contributed by atoms with Crippen molar-refractivity contribution in [3.63, 3.8) is 0 Å². The first-order valence-corrected chi connectivity index (χ1v) is 10.8. The number of allylic oxidation sites excluding steroid dienone is 1. The van der Waals surface area contributed by atoms with Crippen LogP contribution in [0.2, 0.25) is 0 Å². The minimum absolute atomic E-state index is 0.0164. The number of fused-ring (bicyclic) bond motifs is 1. The lowest BCUT2D eigenvalue weighted by molar-refractivity contribution is 0.0630. The van der Waals surface area contributed by atoms with Crippen LogP contribution in [0.25, 0.3) is 10.9 Å². The number of aromatic nitrogens is 2. The maximum atomic E-state index is 13.0. The van der Waals surface area contributed by atoms with Crippen LogP contribution in [0.15, 0.2) is 53.2 Å². The van der Waals surface area contributed by atoms with E-state index in [2.05, 4.69) is 34.0 Å². The van der Waals surface area contributed by atoms with Crippen molar-refractivity contribution >= 4 is 40.4 Å². The number of carbonyl (C=O) groups excluding carboxylic acids is 1. The van der Waals surface area contributed by atoms with Crippen LogP contribution in [0, 0.1) is 4.77 Å². The number of thiophene rings is 1. The molecular weight excluding hydrogens is 404 g/mol. The smallest absolute Gasteiger partial charge is 0.262 e. The highest BCUT2D eigenvalue weighted by Crippen LogP contribution is 2.17. The number of rotatable bonds is 5. The van der Waals surface area contributed by atoms with Gasteiger partial charge in [-0.25, -0.2) is 0 Å². The molecule has 1 aliphatic rings. The standard InChI is InChI=1S/C21H22N4O2S2/c1-2-7-25-20(27)17-6-5-15(13-18(17)22-21(25)28)19(26)24-10-8-23(9-11-24)14-16-4-3-12-29-16/h2-6,12-13H,1,7-11,14H2,(H,22,28). The Morgan fingerprint density at radius 2 is 2.03 bits per heavy atom. The van der Waals surface area contributed by atoms with E-state index in [1.807, 2.05) is 4.90 Å². The van der Waals surface area contributed by atoms with E-state index in [-0.39, 0.29) is 11.5 Å². The number of benzene rings is 1. The lowest BCUT2D eigenvalue weighted by atomic mass is 10.1. The molecule has 150 valence electrons. The van der Waals surface area contributed by atoms with Gasteiger partial charge in [-0.1, -0.05) is 12.1 Å². The van der Waals surface area contributed by atoms with E-state index in [9.17, 15) is 9.59 Å². The second-order valence-electron chi connectivity index (χ2n) is 7.04. The molecule has 0 aliphatic carbocycles. The molecule has 4 rings (SSSR count). The summed E-state index contributed by atoms with van der Waals surface area (Å²) >= 11 is 7.05. The Labute approximate surface area is 177 Å². The van der Waals surface area contributed by atoms with Gasteiger partial charge in [0.2, 0.25) is 0 Å². The van der Waals surface area contributed by atoms with Crippen LogP contribution in [0.4, 0.5) is 0 Å². The van der Waals surface area contributed by atoms with Gasteiger partial charge in [0.05, 0.1) is 10.9 Å². The Balaban J connectivity index is 1.50. The fraction of sp³-hybridized carbons (Fsp3) is 0.286. The molecule has 3 heterocycles. The highest BCUT2D eigenvalue weighted by molar-refractivity contribution is 7.71. The molecule has 1 fully saturated rings. The Bertz CT molecular complexity index is 1160. The van der Waals surface area contributed by atoms with Crippen molar-refractivity contribution in [2.75, 3.05) is 26.2 Å². The van der Waals surface area contributed by atoms with Crippen LogP contribution in [-0.2, 0) is 13.1 Å². The third kappa shape index (κ3) is 4.10. The third-order valence-corrected chi connectivity index (χ3v) is 6.34. The minimum atomic E-state index is -0.176.